The molecule has 0 saturated carbocycles. The van der Waals surface area contributed by atoms with Crippen molar-refractivity contribution in [2.24, 2.45) is 0 Å². The van der Waals surface area contributed by atoms with Gasteiger partial charge < -0.3 is 10.1 Å². The predicted octanol–water partition coefficient (Wildman–Crippen LogP) is 4.43. The zero-order valence-electron chi connectivity index (χ0n) is 13.9. The van der Waals surface area contributed by atoms with Crippen LogP contribution in [0.4, 0.5) is 0 Å². The van der Waals surface area contributed by atoms with Crippen LogP contribution in [-0.2, 0) is 16.7 Å². The van der Waals surface area contributed by atoms with Crippen molar-refractivity contribution in [1.82, 2.24) is 10.3 Å². The minimum atomic E-state index is 0.0858. The van der Waals surface area contributed by atoms with E-state index in [0.717, 1.165) is 37.5 Å². The Balaban J connectivity index is 3.05. The van der Waals surface area contributed by atoms with Gasteiger partial charge in [-0.15, -0.1) is 11.3 Å². The van der Waals surface area contributed by atoms with E-state index in [1.807, 2.05) is 11.3 Å². The molecular weight excluding hydrogens is 268 g/mol. The standard InChI is InChI=1S/C16H30N2OS/c1-7-10-12(19-9-3)15-18-14(16(4,5)6)13(20-15)11-17-8-2/h12,17H,7-11H2,1-6H3. The minimum absolute atomic E-state index is 0.0858. The van der Waals surface area contributed by atoms with Crippen LogP contribution in [0.15, 0.2) is 0 Å². The Morgan fingerprint density at radius 2 is 1.95 bits per heavy atom. The number of aromatic nitrogens is 1. The highest BCUT2D eigenvalue weighted by atomic mass is 32.1. The van der Waals surface area contributed by atoms with Gasteiger partial charge in [-0.1, -0.05) is 41.0 Å². The van der Waals surface area contributed by atoms with Crippen molar-refractivity contribution in [2.45, 2.75) is 72.4 Å². The molecule has 0 aliphatic heterocycles. The van der Waals surface area contributed by atoms with E-state index >= 15 is 0 Å². The molecule has 3 nitrogen and oxygen atoms in total. The van der Waals surface area contributed by atoms with Crippen LogP contribution in [0.25, 0.3) is 0 Å². The summed E-state index contributed by atoms with van der Waals surface area (Å²) in [4.78, 5) is 6.28. The molecule has 0 amide bonds. The number of nitrogens with zero attached hydrogens (tertiary/aromatic N) is 1. The maximum absolute atomic E-state index is 5.88. The molecule has 1 atom stereocenters. The highest BCUT2D eigenvalue weighted by Gasteiger charge is 2.25. The van der Waals surface area contributed by atoms with Crippen LogP contribution in [0.5, 0.6) is 0 Å². The number of thiazole rings is 1. The largest absolute Gasteiger partial charge is 0.371 e. The molecule has 20 heavy (non-hydrogen) atoms. The van der Waals surface area contributed by atoms with Crippen LogP contribution in [0.1, 0.15) is 76.1 Å². The molecule has 1 aromatic heterocycles. The molecule has 1 rings (SSSR count). The van der Waals surface area contributed by atoms with Gasteiger partial charge in [-0.05, 0) is 19.9 Å². The van der Waals surface area contributed by atoms with Gasteiger partial charge in [-0.3, -0.25) is 0 Å². The van der Waals surface area contributed by atoms with Crippen LogP contribution in [-0.4, -0.2) is 18.1 Å². The SMILES string of the molecule is CCCC(OCC)c1nc(C(C)(C)C)c(CNCC)s1. The minimum Gasteiger partial charge on any atom is -0.371 e. The summed E-state index contributed by atoms with van der Waals surface area (Å²) in [6.45, 7) is 15.7. The first-order valence-corrected chi connectivity index (χ1v) is 8.58. The second-order valence-corrected chi connectivity index (χ2v) is 7.20. The first-order valence-electron chi connectivity index (χ1n) is 7.76. The molecule has 0 aliphatic carbocycles. The third kappa shape index (κ3) is 4.83. The zero-order valence-corrected chi connectivity index (χ0v) is 14.7. The van der Waals surface area contributed by atoms with Crippen molar-refractivity contribution in [3.63, 3.8) is 0 Å². The molecule has 0 spiro atoms. The van der Waals surface area contributed by atoms with Crippen LogP contribution < -0.4 is 5.32 Å². The van der Waals surface area contributed by atoms with E-state index in [1.165, 1.54) is 10.6 Å². The van der Waals surface area contributed by atoms with Gasteiger partial charge in [-0.25, -0.2) is 4.98 Å². The maximum atomic E-state index is 5.88. The highest BCUT2D eigenvalue weighted by molar-refractivity contribution is 7.11. The third-order valence-electron chi connectivity index (χ3n) is 3.15. The molecule has 0 aliphatic rings. The Morgan fingerprint density at radius 3 is 2.45 bits per heavy atom. The summed E-state index contributed by atoms with van der Waals surface area (Å²) < 4.78 is 5.88. The smallest absolute Gasteiger partial charge is 0.122 e. The molecule has 1 heterocycles. The Labute approximate surface area is 128 Å². The summed E-state index contributed by atoms with van der Waals surface area (Å²) in [5.74, 6) is 0. The van der Waals surface area contributed by atoms with Gasteiger partial charge in [0, 0.05) is 23.4 Å². The summed E-state index contributed by atoms with van der Waals surface area (Å²) in [6, 6.07) is 0. The Kier molecular flexibility index (Phi) is 7.13. The molecule has 1 N–H and O–H groups in total. The summed E-state index contributed by atoms with van der Waals surface area (Å²) in [6.07, 6.45) is 2.33. The fraction of sp³-hybridized carbons (Fsp3) is 0.812. The Bertz CT molecular complexity index is 390. The lowest BCUT2D eigenvalue weighted by molar-refractivity contribution is 0.0553. The zero-order chi connectivity index (χ0) is 15.2. The van der Waals surface area contributed by atoms with Crippen LogP contribution in [0, 0.1) is 0 Å². The van der Waals surface area contributed by atoms with Crippen molar-refractivity contribution in [3.05, 3.63) is 15.6 Å². The summed E-state index contributed by atoms with van der Waals surface area (Å²) >= 11 is 1.82. The summed E-state index contributed by atoms with van der Waals surface area (Å²) in [5, 5.41) is 4.57. The molecular formula is C16H30N2OS. The molecule has 4 heteroatoms. The normalized spacial score (nSPS) is 13.7. The fourth-order valence-corrected chi connectivity index (χ4v) is 3.52. The van der Waals surface area contributed by atoms with E-state index in [1.54, 1.807) is 0 Å². The molecule has 1 aromatic rings. The van der Waals surface area contributed by atoms with Crippen molar-refractivity contribution >= 4 is 11.3 Å². The van der Waals surface area contributed by atoms with Gasteiger partial charge >= 0.3 is 0 Å². The first kappa shape index (κ1) is 17.6. The van der Waals surface area contributed by atoms with E-state index in [9.17, 15) is 0 Å². The van der Waals surface area contributed by atoms with Crippen molar-refractivity contribution < 1.29 is 4.74 Å². The molecule has 0 aromatic carbocycles. The van der Waals surface area contributed by atoms with Crippen LogP contribution >= 0.6 is 11.3 Å². The third-order valence-corrected chi connectivity index (χ3v) is 4.30. The lowest BCUT2D eigenvalue weighted by atomic mass is 9.91. The maximum Gasteiger partial charge on any atom is 0.122 e. The Hall–Kier alpha value is -0.450. The fourth-order valence-electron chi connectivity index (χ4n) is 2.19. The molecule has 116 valence electrons. The van der Waals surface area contributed by atoms with Gasteiger partial charge in [0.15, 0.2) is 0 Å². The van der Waals surface area contributed by atoms with E-state index < -0.39 is 0 Å². The van der Waals surface area contributed by atoms with E-state index in [0.29, 0.717) is 0 Å². The van der Waals surface area contributed by atoms with E-state index in [2.05, 4.69) is 46.9 Å². The number of ether oxygens (including phenoxy) is 1. The lowest BCUT2D eigenvalue weighted by Crippen LogP contribution is -2.18. The second kappa shape index (κ2) is 8.11. The molecule has 0 saturated heterocycles. The quantitative estimate of drug-likeness (QED) is 0.771. The number of rotatable bonds is 8. The van der Waals surface area contributed by atoms with E-state index in [-0.39, 0.29) is 11.5 Å². The number of hydrogen-bond donors (Lipinski definition) is 1. The number of nitrogens with one attached hydrogen (secondary N) is 1. The monoisotopic (exact) mass is 298 g/mol. The van der Waals surface area contributed by atoms with Gasteiger partial charge in [0.05, 0.1) is 5.69 Å². The molecule has 1 unspecified atom stereocenters. The van der Waals surface area contributed by atoms with Gasteiger partial charge in [0.1, 0.15) is 11.1 Å². The van der Waals surface area contributed by atoms with Crippen molar-refractivity contribution in [1.29, 1.82) is 0 Å². The molecule has 0 radical (unpaired) electrons. The van der Waals surface area contributed by atoms with Gasteiger partial charge in [0.2, 0.25) is 0 Å². The second-order valence-electron chi connectivity index (χ2n) is 6.09. The topological polar surface area (TPSA) is 34.1 Å². The van der Waals surface area contributed by atoms with Gasteiger partial charge in [-0.2, -0.15) is 0 Å². The number of hydrogen-bond acceptors (Lipinski definition) is 4. The van der Waals surface area contributed by atoms with Crippen molar-refractivity contribution in [2.75, 3.05) is 13.2 Å². The summed E-state index contributed by atoms with van der Waals surface area (Å²) in [7, 11) is 0. The Morgan fingerprint density at radius 1 is 1.25 bits per heavy atom. The highest BCUT2D eigenvalue weighted by Crippen LogP contribution is 2.34. The van der Waals surface area contributed by atoms with Crippen LogP contribution in [0.2, 0.25) is 0 Å². The van der Waals surface area contributed by atoms with Crippen LogP contribution in [0.3, 0.4) is 0 Å². The van der Waals surface area contributed by atoms with Crippen molar-refractivity contribution in [3.8, 4) is 0 Å². The average molecular weight is 298 g/mol. The van der Waals surface area contributed by atoms with E-state index in [4.69, 9.17) is 9.72 Å². The average Bonchev–Trinajstić information content (AvgIpc) is 2.80. The lowest BCUT2D eigenvalue weighted by Gasteiger charge is -2.18. The first-order chi connectivity index (χ1) is 9.43. The molecule has 0 fully saturated rings. The molecule has 0 bridgehead atoms. The summed E-state index contributed by atoms with van der Waals surface area (Å²) in [5.41, 5.74) is 1.31. The predicted molar refractivity (Wildman–Crippen MR) is 87.5 cm³/mol. The van der Waals surface area contributed by atoms with Gasteiger partial charge in [0.25, 0.3) is 0 Å².